The summed E-state index contributed by atoms with van der Waals surface area (Å²) < 4.78 is 30.2. The zero-order chi connectivity index (χ0) is 22.0. The third-order valence-electron chi connectivity index (χ3n) is 5.43. The summed E-state index contributed by atoms with van der Waals surface area (Å²) in [6.45, 7) is 0.438. The Bertz CT molecular complexity index is 1340. The molecule has 0 spiro atoms. The fourth-order valence-electron chi connectivity index (χ4n) is 3.66. The summed E-state index contributed by atoms with van der Waals surface area (Å²) in [7, 11) is -1.88. The van der Waals surface area contributed by atoms with Crippen LogP contribution < -0.4 is 10.2 Å². The Hall–Kier alpha value is -3.00. The van der Waals surface area contributed by atoms with Gasteiger partial charge in [-0.05, 0) is 37.1 Å². The molecule has 1 aliphatic rings. The van der Waals surface area contributed by atoms with Crippen molar-refractivity contribution in [3.63, 3.8) is 0 Å². The van der Waals surface area contributed by atoms with Crippen molar-refractivity contribution in [3.05, 3.63) is 58.9 Å². The molecule has 0 unspecified atom stereocenters. The van der Waals surface area contributed by atoms with Crippen molar-refractivity contribution in [2.75, 3.05) is 13.1 Å². The number of carbonyl (C=O) groups is 1. The SMILES string of the molecule is Cn1/c(=N/NC(=O)C2CCN(S(=O)(=O)c3ccccc3C#N)CC2)sc2ccccc21. The van der Waals surface area contributed by atoms with Gasteiger partial charge in [0.25, 0.3) is 0 Å². The lowest BCUT2D eigenvalue weighted by Gasteiger charge is -2.30. The van der Waals surface area contributed by atoms with Gasteiger partial charge in [-0.2, -0.15) is 9.57 Å². The number of aryl methyl sites for hydroxylation is 1. The smallest absolute Gasteiger partial charge is 0.244 e. The molecular formula is C21H21N5O3S2. The summed E-state index contributed by atoms with van der Waals surface area (Å²) in [4.78, 5) is 13.3. The fourth-order valence-corrected chi connectivity index (χ4v) is 6.26. The van der Waals surface area contributed by atoms with Crippen molar-refractivity contribution in [3.8, 4) is 6.07 Å². The fraction of sp³-hybridized carbons (Fsp3) is 0.286. The summed E-state index contributed by atoms with van der Waals surface area (Å²) in [6.07, 6.45) is 0.793. The number of nitriles is 1. The van der Waals surface area contributed by atoms with Crippen molar-refractivity contribution in [2.24, 2.45) is 18.1 Å². The second-order valence-corrected chi connectivity index (χ2v) is 10.2. The van der Waals surface area contributed by atoms with E-state index in [2.05, 4.69) is 10.5 Å². The largest absolute Gasteiger partial charge is 0.318 e. The van der Waals surface area contributed by atoms with Crippen molar-refractivity contribution in [1.82, 2.24) is 14.3 Å². The molecule has 1 saturated heterocycles. The maximum Gasteiger partial charge on any atom is 0.244 e. The zero-order valence-corrected chi connectivity index (χ0v) is 18.5. The van der Waals surface area contributed by atoms with Crippen LogP contribution in [-0.4, -0.2) is 36.3 Å². The molecule has 4 rings (SSSR count). The number of piperidine rings is 1. The number of hydrogen-bond donors (Lipinski definition) is 1. The standard InChI is InChI=1S/C21H21N5O3S2/c1-25-17-7-3-4-8-18(17)30-21(25)24-23-20(27)15-10-12-26(13-11-15)31(28,29)19-9-5-2-6-16(19)14-22/h2-9,15H,10-13H2,1H3,(H,23,27)/b24-21-. The van der Waals surface area contributed by atoms with Crippen LogP contribution in [0.4, 0.5) is 0 Å². The van der Waals surface area contributed by atoms with Crippen LogP contribution in [-0.2, 0) is 21.9 Å². The summed E-state index contributed by atoms with van der Waals surface area (Å²) in [5.41, 5.74) is 3.80. The van der Waals surface area contributed by atoms with Gasteiger partial charge in [0.05, 0.1) is 20.7 Å². The normalized spacial score (nSPS) is 16.3. The van der Waals surface area contributed by atoms with Crippen molar-refractivity contribution < 1.29 is 13.2 Å². The van der Waals surface area contributed by atoms with E-state index >= 15 is 0 Å². The van der Waals surface area contributed by atoms with Crippen LogP contribution in [0, 0.1) is 17.2 Å². The van der Waals surface area contributed by atoms with E-state index in [-0.39, 0.29) is 35.4 Å². The van der Waals surface area contributed by atoms with Gasteiger partial charge < -0.3 is 4.57 Å². The van der Waals surface area contributed by atoms with Crippen LogP contribution in [0.1, 0.15) is 18.4 Å². The average Bonchev–Trinajstić information content (AvgIpc) is 3.13. The Balaban J connectivity index is 1.43. The van der Waals surface area contributed by atoms with Crippen molar-refractivity contribution in [1.29, 1.82) is 5.26 Å². The maximum absolute atomic E-state index is 12.9. The second kappa shape index (κ2) is 8.63. The van der Waals surface area contributed by atoms with E-state index in [9.17, 15) is 18.5 Å². The van der Waals surface area contributed by atoms with E-state index < -0.39 is 10.0 Å². The molecule has 2 aromatic carbocycles. The van der Waals surface area contributed by atoms with E-state index in [1.807, 2.05) is 41.9 Å². The Kier molecular flexibility index (Phi) is 5.91. The summed E-state index contributed by atoms with van der Waals surface area (Å²) >= 11 is 1.49. The molecule has 10 heteroatoms. The maximum atomic E-state index is 12.9. The van der Waals surface area contributed by atoms with Crippen LogP contribution >= 0.6 is 11.3 Å². The molecule has 1 aromatic heterocycles. The third kappa shape index (κ3) is 4.12. The number of aromatic nitrogens is 1. The number of benzene rings is 2. The van der Waals surface area contributed by atoms with Crippen LogP contribution in [0.2, 0.25) is 0 Å². The number of carbonyl (C=O) groups excluding carboxylic acids is 1. The summed E-state index contributed by atoms with van der Waals surface area (Å²) in [5, 5.41) is 13.5. The molecule has 2 heterocycles. The highest BCUT2D eigenvalue weighted by Crippen LogP contribution is 2.25. The number of para-hydroxylation sites is 1. The number of rotatable bonds is 4. The first-order chi connectivity index (χ1) is 14.9. The number of nitrogens with one attached hydrogen (secondary N) is 1. The van der Waals surface area contributed by atoms with Gasteiger partial charge in [-0.25, -0.2) is 13.8 Å². The Labute approximate surface area is 184 Å². The van der Waals surface area contributed by atoms with Gasteiger partial charge in [-0.15, -0.1) is 5.10 Å². The Morgan fingerprint density at radius 1 is 1.16 bits per heavy atom. The third-order valence-corrected chi connectivity index (χ3v) is 8.50. The zero-order valence-electron chi connectivity index (χ0n) is 16.9. The molecular weight excluding hydrogens is 434 g/mol. The summed E-state index contributed by atoms with van der Waals surface area (Å²) in [6, 6.07) is 16.0. The lowest BCUT2D eigenvalue weighted by molar-refractivity contribution is -0.126. The highest BCUT2D eigenvalue weighted by atomic mass is 32.2. The predicted molar refractivity (Wildman–Crippen MR) is 117 cm³/mol. The molecule has 1 aliphatic heterocycles. The molecule has 31 heavy (non-hydrogen) atoms. The number of nitrogens with zero attached hydrogens (tertiary/aromatic N) is 4. The highest BCUT2D eigenvalue weighted by Gasteiger charge is 2.33. The molecule has 0 radical (unpaired) electrons. The Morgan fingerprint density at radius 3 is 2.55 bits per heavy atom. The van der Waals surface area contributed by atoms with Crippen LogP contribution in [0.25, 0.3) is 10.2 Å². The predicted octanol–water partition coefficient (Wildman–Crippen LogP) is 2.14. The molecule has 0 aliphatic carbocycles. The van der Waals surface area contributed by atoms with Gasteiger partial charge in [-0.1, -0.05) is 35.6 Å². The van der Waals surface area contributed by atoms with Gasteiger partial charge >= 0.3 is 0 Å². The van der Waals surface area contributed by atoms with Crippen LogP contribution in [0.15, 0.2) is 58.5 Å². The van der Waals surface area contributed by atoms with Gasteiger partial charge in [0, 0.05) is 26.1 Å². The Morgan fingerprint density at radius 2 is 1.84 bits per heavy atom. The van der Waals surface area contributed by atoms with Crippen molar-refractivity contribution in [2.45, 2.75) is 17.7 Å². The molecule has 0 bridgehead atoms. The number of amides is 1. The average molecular weight is 456 g/mol. The highest BCUT2D eigenvalue weighted by molar-refractivity contribution is 7.89. The van der Waals surface area contributed by atoms with Crippen LogP contribution in [0.3, 0.4) is 0 Å². The van der Waals surface area contributed by atoms with E-state index in [1.165, 1.54) is 27.8 Å². The lowest BCUT2D eigenvalue weighted by atomic mass is 9.98. The summed E-state index contributed by atoms with van der Waals surface area (Å²) in [5.74, 6) is -0.534. The second-order valence-electron chi connectivity index (χ2n) is 7.29. The molecule has 1 N–H and O–H groups in total. The first-order valence-electron chi connectivity index (χ1n) is 9.79. The molecule has 1 amide bonds. The lowest BCUT2D eigenvalue weighted by Crippen LogP contribution is -2.42. The molecule has 1 fully saturated rings. The molecule has 160 valence electrons. The number of sulfonamides is 1. The number of hydrogen-bond acceptors (Lipinski definition) is 6. The van der Waals surface area contributed by atoms with Gasteiger partial charge in [0.15, 0.2) is 0 Å². The topological polar surface area (TPSA) is 108 Å². The monoisotopic (exact) mass is 455 g/mol. The molecule has 8 nitrogen and oxygen atoms in total. The van der Waals surface area contributed by atoms with E-state index in [0.29, 0.717) is 17.6 Å². The van der Waals surface area contributed by atoms with Crippen molar-refractivity contribution >= 4 is 37.5 Å². The van der Waals surface area contributed by atoms with Gasteiger partial charge in [0.2, 0.25) is 20.7 Å². The van der Waals surface area contributed by atoms with E-state index in [1.54, 1.807) is 12.1 Å². The minimum Gasteiger partial charge on any atom is -0.318 e. The molecule has 3 aromatic rings. The van der Waals surface area contributed by atoms with Gasteiger partial charge in [-0.3, -0.25) is 4.79 Å². The molecule has 0 saturated carbocycles. The molecule has 0 atom stereocenters. The minimum absolute atomic E-state index is 0.00710. The first kappa shape index (κ1) is 21.2. The first-order valence-corrected chi connectivity index (χ1v) is 12.0. The van der Waals surface area contributed by atoms with E-state index in [4.69, 9.17) is 0 Å². The number of thiazole rings is 1. The van der Waals surface area contributed by atoms with Crippen LogP contribution in [0.5, 0.6) is 0 Å². The minimum atomic E-state index is -3.78. The van der Waals surface area contributed by atoms with Gasteiger partial charge in [0.1, 0.15) is 6.07 Å². The number of fused-ring (bicyclic) bond motifs is 1. The van der Waals surface area contributed by atoms with E-state index in [0.717, 1.165) is 10.2 Å². The quantitative estimate of drug-likeness (QED) is 0.608.